The topological polar surface area (TPSA) is 40.9 Å². The average Bonchev–Trinajstić information content (AvgIpc) is 2.65. The van der Waals surface area contributed by atoms with E-state index in [9.17, 15) is 9.83 Å². The van der Waals surface area contributed by atoms with Crippen LogP contribution in [0.4, 0.5) is 0 Å². The number of rotatable bonds is 5. The molecule has 2 atom stereocenters. The van der Waals surface area contributed by atoms with Gasteiger partial charge in [0.25, 0.3) is 0 Å². The number of hydrogen-bond acceptors (Lipinski definition) is 2. The summed E-state index contributed by atoms with van der Waals surface area (Å²) in [5.41, 5.74) is 2.07. The lowest BCUT2D eigenvalue weighted by Crippen LogP contribution is -2.14. The zero-order valence-corrected chi connectivity index (χ0v) is 17.3. The zero-order valence-electron chi connectivity index (χ0n) is 16.4. The minimum absolute atomic E-state index is 0.0422. The van der Waals surface area contributed by atoms with Crippen LogP contribution >= 0.6 is 7.14 Å². The maximum Gasteiger partial charge on any atom is 0.0825 e. The fraction of sp³-hybridized carbons (Fsp3) is 0.409. The van der Waals surface area contributed by atoms with E-state index in [2.05, 4.69) is 6.07 Å². The molecule has 0 heterocycles. The van der Waals surface area contributed by atoms with E-state index in [0.29, 0.717) is 6.16 Å². The smallest absolute Gasteiger partial charge is 0.0825 e. The first-order valence-electron chi connectivity index (χ1n) is 9.05. The third-order valence-corrected chi connectivity index (χ3v) is 4.84. The quantitative estimate of drug-likeness (QED) is 0.555. The molecule has 0 N–H and O–H groups in total. The van der Waals surface area contributed by atoms with E-state index in [0.717, 1.165) is 11.1 Å². The molecule has 2 unspecified atom stereocenters. The van der Waals surface area contributed by atoms with Crippen molar-refractivity contribution in [3.63, 3.8) is 0 Å². The number of nitriles is 1. The standard InChI is InChI=1S/C18H20NOP.2C2H6/c1-21(2,20)14-18(16-11-7-4-8-12-16)17(13-19)15-9-5-3-6-10-15;2*1-2/h3-12,17-18H,14H2,1-2H3;2*1-2H3. The highest BCUT2D eigenvalue weighted by molar-refractivity contribution is 7.62. The lowest BCUT2D eigenvalue weighted by Gasteiger charge is -2.24. The van der Waals surface area contributed by atoms with Gasteiger partial charge < -0.3 is 4.57 Å². The summed E-state index contributed by atoms with van der Waals surface area (Å²) in [6.45, 7) is 11.6. The fourth-order valence-corrected chi connectivity index (χ4v) is 4.00. The molecule has 3 heteroatoms. The van der Waals surface area contributed by atoms with Crippen molar-refractivity contribution in [2.24, 2.45) is 0 Å². The summed E-state index contributed by atoms with van der Waals surface area (Å²) in [6, 6.07) is 22.1. The molecule has 2 aromatic carbocycles. The molecule has 2 aromatic rings. The van der Waals surface area contributed by atoms with Crippen LogP contribution in [0.1, 0.15) is 50.7 Å². The SMILES string of the molecule is CC.CC.CP(C)(=O)CC(c1ccccc1)C(C#N)c1ccccc1. The second kappa shape index (κ2) is 12.5. The fourth-order valence-electron chi connectivity index (χ4n) is 2.63. The van der Waals surface area contributed by atoms with Crippen LogP contribution in [0.25, 0.3) is 0 Å². The van der Waals surface area contributed by atoms with E-state index in [1.54, 1.807) is 13.3 Å². The van der Waals surface area contributed by atoms with Gasteiger partial charge in [-0.15, -0.1) is 0 Å². The van der Waals surface area contributed by atoms with Crippen LogP contribution in [0.5, 0.6) is 0 Å². The monoisotopic (exact) mass is 357 g/mol. The van der Waals surface area contributed by atoms with Crippen molar-refractivity contribution in [3.05, 3.63) is 71.8 Å². The van der Waals surface area contributed by atoms with E-state index in [-0.39, 0.29) is 11.8 Å². The molecule has 0 spiro atoms. The number of hydrogen-bond donors (Lipinski definition) is 0. The summed E-state index contributed by atoms with van der Waals surface area (Å²) in [7, 11) is -2.23. The Hall–Kier alpha value is -1.84. The van der Waals surface area contributed by atoms with Gasteiger partial charge in [0, 0.05) is 12.1 Å². The summed E-state index contributed by atoms with van der Waals surface area (Å²) >= 11 is 0. The second-order valence-electron chi connectivity index (χ2n) is 5.79. The van der Waals surface area contributed by atoms with Gasteiger partial charge in [0.05, 0.1) is 19.1 Å². The van der Waals surface area contributed by atoms with E-state index >= 15 is 0 Å². The summed E-state index contributed by atoms with van der Waals surface area (Å²) in [6.07, 6.45) is 0.546. The Morgan fingerprint density at radius 3 is 1.60 bits per heavy atom. The van der Waals surface area contributed by atoms with Crippen LogP contribution in [0, 0.1) is 11.3 Å². The van der Waals surface area contributed by atoms with Crippen molar-refractivity contribution in [1.29, 1.82) is 5.26 Å². The molecule has 0 bridgehead atoms. The number of nitrogens with zero attached hydrogens (tertiary/aromatic N) is 1. The van der Waals surface area contributed by atoms with Gasteiger partial charge in [-0.2, -0.15) is 5.26 Å². The van der Waals surface area contributed by atoms with Crippen LogP contribution in [0.15, 0.2) is 60.7 Å². The average molecular weight is 357 g/mol. The van der Waals surface area contributed by atoms with E-state index < -0.39 is 7.14 Å². The molecular formula is C22H32NOP. The predicted molar refractivity (Wildman–Crippen MR) is 111 cm³/mol. The van der Waals surface area contributed by atoms with Gasteiger partial charge in [-0.05, 0) is 24.5 Å². The van der Waals surface area contributed by atoms with E-state index in [4.69, 9.17) is 0 Å². The number of benzene rings is 2. The Labute approximate surface area is 154 Å². The predicted octanol–water partition coefficient (Wildman–Crippen LogP) is 6.75. The van der Waals surface area contributed by atoms with Crippen LogP contribution in [-0.4, -0.2) is 19.5 Å². The van der Waals surface area contributed by atoms with E-state index in [1.807, 2.05) is 88.4 Å². The Morgan fingerprint density at radius 2 is 1.24 bits per heavy atom. The van der Waals surface area contributed by atoms with Gasteiger partial charge in [-0.25, -0.2) is 0 Å². The summed E-state index contributed by atoms with van der Waals surface area (Å²) in [4.78, 5) is 0. The highest BCUT2D eigenvalue weighted by atomic mass is 31.2. The highest BCUT2D eigenvalue weighted by Gasteiger charge is 2.28. The Bertz CT molecular complexity index is 655. The molecule has 0 aliphatic heterocycles. The Morgan fingerprint density at radius 1 is 0.840 bits per heavy atom. The molecule has 0 fully saturated rings. The van der Waals surface area contributed by atoms with Gasteiger partial charge in [0.2, 0.25) is 0 Å². The minimum Gasteiger partial charge on any atom is -0.324 e. The maximum absolute atomic E-state index is 12.3. The second-order valence-corrected chi connectivity index (χ2v) is 9.30. The molecule has 0 saturated carbocycles. The lowest BCUT2D eigenvalue weighted by molar-refractivity contribution is 0.572. The molecule has 0 saturated heterocycles. The molecule has 0 aromatic heterocycles. The molecule has 25 heavy (non-hydrogen) atoms. The van der Waals surface area contributed by atoms with Crippen LogP contribution in [0.2, 0.25) is 0 Å². The lowest BCUT2D eigenvalue weighted by atomic mass is 9.83. The molecule has 136 valence electrons. The Kier molecular flexibility index (Phi) is 11.6. The molecule has 2 rings (SSSR count). The van der Waals surface area contributed by atoms with Gasteiger partial charge in [0.15, 0.2) is 0 Å². The van der Waals surface area contributed by atoms with Crippen molar-refractivity contribution < 1.29 is 4.57 Å². The first kappa shape index (κ1) is 23.2. The molecule has 2 nitrogen and oxygen atoms in total. The van der Waals surface area contributed by atoms with E-state index in [1.165, 1.54) is 0 Å². The first-order chi connectivity index (χ1) is 12.0. The van der Waals surface area contributed by atoms with Gasteiger partial charge in [-0.3, -0.25) is 0 Å². The maximum atomic E-state index is 12.3. The Balaban J connectivity index is 0.00000134. The van der Waals surface area contributed by atoms with Crippen LogP contribution < -0.4 is 0 Å². The molecule has 0 radical (unpaired) electrons. The molecular weight excluding hydrogens is 325 g/mol. The van der Waals surface area contributed by atoms with Crippen molar-refractivity contribution in [2.75, 3.05) is 19.5 Å². The summed E-state index contributed by atoms with van der Waals surface area (Å²) in [5.74, 6) is -0.318. The largest absolute Gasteiger partial charge is 0.324 e. The van der Waals surface area contributed by atoms with Crippen molar-refractivity contribution in [1.82, 2.24) is 0 Å². The van der Waals surface area contributed by atoms with Gasteiger partial charge in [0.1, 0.15) is 0 Å². The summed E-state index contributed by atoms with van der Waals surface area (Å²) < 4.78 is 12.3. The third kappa shape index (κ3) is 8.19. The molecule has 0 aliphatic rings. The van der Waals surface area contributed by atoms with Gasteiger partial charge in [-0.1, -0.05) is 88.4 Å². The van der Waals surface area contributed by atoms with Crippen molar-refractivity contribution in [3.8, 4) is 6.07 Å². The van der Waals surface area contributed by atoms with Crippen molar-refractivity contribution >= 4 is 7.14 Å². The van der Waals surface area contributed by atoms with Crippen LogP contribution in [0.3, 0.4) is 0 Å². The minimum atomic E-state index is -2.23. The zero-order chi connectivity index (χ0) is 19.3. The molecule has 0 amide bonds. The first-order valence-corrected chi connectivity index (χ1v) is 11.8. The van der Waals surface area contributed by atoms with Gasteiger partial charge >= 0.3 is 0 Å². The summed E-state index contributed by atoms with van der Waals surface area (Å²) in [5, 5.41) is 9.67. The normalized spacial score (nSPS) is 12.4. The van der Waals surface area contributed by atoms with Crippen LogP contribution in [-0.2, 0) is 4.57 Å². The third-order valence-electron chi connectivity index (χ3n) is 3.56. The van der Waals surface area contributed by atoms with Crippen molar-refractivity contribution in [2.45, 2.75) is 39.5 Å². The molecule has 0 aliphatic carbocycles. The highest BCUT2D eigenvalue weighted by Crippen LogP contribution is 2.46.